The zero-order chi connectivity index (χ0) is 24.5. The number of hydrogen-bond acceptors (Lipinski definition) is 7. The van der Waals surface area contributed by atoms with Crippen LogP contribution in [0.15, 0.2) is 24.3 Å². The number of rotatable bonds is 7. The van der Waals surface area contributed by atoms with Crippen molar-refractivity contribution in [3.8, 4) is 5.75 Å². The van der Waals surface area contributed by atoms with Crippen molar-refractivity contribution in [1.82, 2.24) is 14.9 Å². The molecule has 1 aromatic carbocycles. The van der Waals surface area contributed by atoms with Crippen LogP contribution in [0.5, 0.6) is 5.75 Å². The first-order valence-electron chi connectivity index (χ1n) is 11.8. The number of phenols is 1. The van der Waals surface area contributed by atoms with E-state index in [-0.39, 0.29) is 43.1 Å². The first-order chi connectivity index (χ1) is 16.3. The van der Waals surface area contributed by atoms with E-state index in [1.165, 1.54) is 9.96 Å². The Labute approximate surface area is 199 Å². The van der Waals surface area contributed by atoms with Gasteiger partial charge < -0.3 is 24.4 Å². The van der Waals surface area contributed by atoms with Gasteiger partial charge in [-0.15, -0.1) is 0 Å². The maximum Gasteiger partial charge on any atom is 0.436 e. The lowest BCUT2D eigenvalue weighted by atomic mass is 9.77. The molecule has 10 heteroatoms. The summed E-state index contributed by atoms with van der Waals surface area (Å²) in [5, 5.41) is 10.8. The van der Waals surface area contributed by atoms with Crippen molar-refractivity contribution < 1.29 is 33.8 Å². The Kier molecular flexibility index (Phi) is 6.99. The molecule has 1 aliphatic carbocycles. The van der Waals surface area contributed by atoms with Crippen LogP contribution in [0.1, 0.15) is 38.7 Å². The van der Waals surface area contributed by atoms with E-state index >= 15 is 0 Å². The van der Waals surface area contributed by atoms with Crippen LogP contribution in [0.4, 0.5) is 4.79 Å². The van der Waals surface area contributed by atoms with E-state index in [4.69, 9.17) is 14.3 Å². The molecule has 0 radical (unpaired) electrons. The third-order valence-corrected chi connectivity index (χ3v) is 6.62. The molecule has 0 bridgehead atoms. The van der Waals surface area contributed by atoms with Crippen LogP contribution in [-0.2, 0) is 30.3 Å². The maximum atomic E-state index is 13.7. The fraction of sp³-hybridized carbons (Fsp3) is 0.625. The van der Waals surface area contributed by atoms with Gasteiger partial charge >= 0.3 is 6.09 Å². The number of phenolic OH excluding ortho intramolecular Hbond substituents is 1. The Morgan fingerprint density at radius 2 is 1.94 bits per heavy atom. The number of carbonyl (C=O) groups is 3. The van der Waals surface area contributed by atoms with E-state index in [0.29, 0.717) is 26.0 Å². The molecule has 3 amide bonds. The lowest BCUT2D eigenvalue weighted by Crippen LogP contribution is -2.77. The van der Waals surface area contributed by atoms with E-state index < -0.39 is 23.9 Å². The van der Waals surface area contributed by atoms with Crippen molar-refractivity contribution in [2.45, 2.75) is 57.3 Å². The maximum absolute atomic E-state index is 13.7. The zero-order valence-corrected chi connectivity index (χ0v) is 19.9. The summed E-state index contributed by atoms with van der Waals surface area (Å²) < 4.78 is 10.6. The highest BCUT2D eigenvalue weighted by atomic mass is 16.8. The molecule has 2 atom stereocenters. The second-order valence-corrected chi connectivity index (χ2v) is 9.59. The van der Waals surface area contributed by atoms with E-state index in [0.717, 1.165) is 12.0 Å². The molecule has 2 saturated heterocycles. The number of piperazine rings is 1. The molecule has 1 spiro atoms. The standard InChI is InChI=1S/C24H33N3O7/c1-16(2)15-33-23(31)27-20-14-25(11-12-32-3)21(29)19(13-17-5-7-18(28)8-6-17)26(20)22(30)24(34-27)9-4-10-24/h5-8,16,19-20,28H,4,9-15H2,1-3H3/t19-,20?/m0/s1. The average Bonchev–Trinajstić information content (AvgIpc) is 2.78. The average molecular weight is 476 g/mol. The molecule has 2 heterocycles. The number of benzene rings is 1. The van der Waals surface area contributed by atoms with Gasteiger partial charge in [0.15, 0.2) is 11.8 Å². The van der Waals surface area contributed by atoms with Gasteiger partial charge in [-0.1, -0.05) is 26.0 Å². The van der Waals surface area contributed by atoms with Gasteiger partial charge in [-0.25, -0.2) is 9.63 Å². The minimum atomic E-state index is -1.14. The first-order valence-corrected chi connectivity index (χ1v) is 11.8. The Morgan fingerprint density at radius 1 is 1.24 bits per heavy atom. The Hall–Kier alpha value is -2.85. The van der Waals surface area contributed by atoms with Gasteiger partial charge in [0, 0.05) is 20.1 Å². The molecule has 10 nitrogen and oxygen atoms in total. The molecule has 1 unspecified atom stereocenters. The lowest BCUT2D eigenvalue weighted by molar-refractivity contribution is -0.313. The molecule has 1 saturated carbocycles. The summed E-state index contributed by atoms with van der Waals surface area (Å²) in [5.74, 6) is -0.215. The van der Waals surface area contributed by atoms with Gasteiger partial charge in [0.05, 0.1) is 19.8 Å². The summed E-state index contributed by atoms with van der Waals surface area (Å²) in [6.45, 7) is 4.84. The van der Waals surface area contributed by atoms with Crippen LogP contribution >= 0.6 is 0 Å². The van der Waals surface area contributed by atoms with E-state index in [1.807, 2.05) is 13.8 Å². The SMILES string of the molecule is COCCN1CC2N(C(=O)OCC(C)C)OC3(CCC3)C(=O)N2[C@@H](Cc2ccc(O)cc2)C1=O. The van der Waals surface area contributed by atoms with E-state index in [9.17, 15) is 19.5 Å². The summed E-state index contributed by atoms with van der Waals surface area (Å²) in [4.78, 5) is 49.5. The summed E-state index contributed by atoms with van der Waals surface area (Å²) >= 11 is 0. The molecule has 34 heavy (non-hydrogen) atoms. The third-order valence-electron chi connectivity index (χ3n) is 6.62. The van der Waals surface area contributed by atoms with Crippen molar-refractivity contribution in [2.75, 3.05) is 33.4 Å². The molecule has 1 N–H and O–H groups in total. The van der Waals surface area contributed by atoms with Gasteiger partial charge in [0.25, 0.3) is 5.91 Å². The minimum absolute atomic E-state index is 0.104. The molecule has 3 fully saturated rings. The Morgan fingerprint density at radius 3 is 2.53 bits per heavy atom. The highest BCUT2D eigenvalue weighted by Gasteiger charge is 2.61. The summed E-state index contributed by atoms with van der Waals surface area (Å²) in [5.41, 5.74) is -0.352. The van der Waals surface area contributed by atoms with Crippen molar-refractivity contribution in [2.24, 2.45) is 5.92 Å². The normalized spacial score (nSPS) is 23.8. The highest BCUT2D eigenvalue weighted by molar-refractivity contribution is 5.94. The van der Waals surface area contributed by atoms with Crippen molar-refractivity contribution in [1.29, 1.82) is 0 Å². The molecule has 4 rings (SSSR count). The van der Waals surface area contributed by atoms with Gasteiger partial charge in [-0.05, 0) is 42.9 Å². The van der Waals surface area contributed by atoms with Crippen molar-refractivity contribution in [3.63, 3.8) is 0 Å². The topological polar surface area (TPSA) is 109 Å². The first kappa shape index (κ1) is 24.3. The monoisotopic (exact) mass is 475 g/mol. The van der Waals surface area contributed by atoms with Crippen LogP contribution in [0.2, 0.25) is 0 Å². The number of hydrogen-bond donors (Lipinski definition) is 1. The van der Waals surface area contributed by atoms with Crippen molar-refractivity contribution >= 4 is 17.9 Å². The number of nitrogens with zero attached hydrogens (tertiary/aromatic N) is 3. The molecule has 0 aromatic heterocycles. The molecular weight excluding hydrogens is 442 g/mol. The van der Waals surface area contributed by atoms with Crippen LogP contribution in [0.3, 0.4) is 0 Å². The van der Waals surface area contributed by atoms with Crippen LogP contribution in [-0.4, -0.2) is 89.1 Å². The van der Waals surface area contributed by atoms with Crippen LogP contribution in [0, 0.1) is 5.92 Å². The Bertz CT molecular complexity index is 916. The fourth-order valence-electron chi connectivity index (χ4n) is 4.61. The predicted octanol–water partition coefficient (Wildman–Crippen LogP) is 1.91. The number of carbonyl (C=O) groups excluding carboxylic acids is 3. The van der Waals surface area contributed by atoms with Gasteiger partial charge in [0.1, 0.15) is 11.8 Å². The zero-order valence-electron chi connectivity index (χ0n) is 19.9. The van der Waals surface area contributed by atoms with E-state index in [1.54, 1.807) is 36.3 Å². The smallest absolute Gasteiger partial charge is 0.436 e. The molecule has 2 aliphatic heterocycles. The van der Waals surface area contributed by atoms with Crippen LogP contribution in [0.25, 0.3) is 0 Å². The number of methoxy groups -OCH3 is 1. The van der Waals surface area contributed by atoms with E-state index in [2.05, 4.69) is 0 Å². The molecular formula is C24H33N3O7. The predicted molar refractivity (Wildman–Crippen MR) is 120 cm³/mol. The number of hydroxylamine groups is 2. The highest BCUT2D eigenvalue weighted by Crippen LogP contribution is 2.44. The number of fused-ring (bicyclic) bond motifs is 1. The van der Waals surface area contributed by atoms with Crippen LogP contribution < -0.4 is 0 Å². The lowest BCUT2D eigenvalue weighted by Gasteiger charge is -2.57. The van der Waals surface area contributed by atoms with Crippen molar-refractivity contribution in [3.05, 3.63) is 29.8 Å². The molecule has 3 aliphatic rings. The summed E-state index contributed by atoms with van der Waals surface area (Å²) in [6, 6.07) is 5.73. The van der Waals surface area contributed by atoms with Gasteiger partial charge in [-0.3, -0.25) is 9.59 Å². The number of amides is 3. The second kappa shape index (κ2) is 9.79. The van der Waals surface area contributed by atoms with Gasteiger partial charge in [-0.2, -0.15) is 5.06 Å². The molecule has 186 valence electrons. The third kappa shape index (κ3) is 4.56. The Balaban J connectivity index is 1.69. The summed E-state index contributed by atoms with van der Waals surface area (Å²) in [6.07, 6.45) is 0.542. The quantitative estimate of drug-likeness (QED) is 0.642. The number of aromatic hydroxyl groups is 1. The number of ether oxygens (including phenoxy) is 2. The summed E-state index contributed by atoms with van der Waals surface area (Å²) in [7, 11) is 1.55. The van der Waals surface area contributed by atoms with Gasteiger partial charge in [0.2, 0.25) is 5.91 Å². The minimum Gasteiger partial charge on any atom is -0.508 e. The molecule has 1 aromatic rings. The largest absolute Gasteiger partial charge is 0.508 e. The second-order valence-electron chi connectivity index (χ2n) is 9.59. The fourth-order valence-corrected chi connectivity index (χ4v) is 4.61.